The molecule has 2 aromatic rings. The van der Waals surface area contributed by atoms with Gasteiger partial charge in [-0.15, -0.1) is 0 Å². The van der Waals surface area contributed by atoms with Crippen LogP contribution in [0.3, 0.4) is 0 Å². The van der Waals surface area contributed by atoms with Crippen molar-refractivity contribution in [3.05, 3.63) is 65.5 Å². The molecule has 23 heavy (non-hydrogen) atoms. The van der Waals surface area contributed by atoms with Crippen molar-refractivity contribution in [3.8, 4) is 0 Å². The van der Waals surface area contributed by atoms with Gasteiger partial charge in [-0.1, -0.05) is 12.1 Å². The predicted molar refractivity (Wildman–Crippen MR) is 86.6 cm³/mol. The highest BCUT2D eigenvalue weighted by molar-refractivity contribution is 5.95. The molecule has 0 saturated heterocycles. The van der Waals surface area contributed by atoms with Crippen molar-refractivity contribution in [1.82, 2.24) is 4.90 Å². The summed E-state index contributed by atoms with van der Waals surface area (Å²) < 4.78 is 13.0. The normalized spacial score (nSPS) is 11.6. The largest absolute Gasteiger partial charge is 0.351 e. The van der Waals surface area contributed by atoms with Crippen LogP contribution in [0.1, 0.15) is 28.9 Å². The molecule has 2 aromatic carbocycles. The Morgan fingerprint density at radius 1 is 1.09 bits per heavy atom. The average Bonchev–Trinajstić information content (AvgIpc) is 2.53. The Labute approximate surface area is 133 Å². The molecule has 3 amide bonds. The summed E-state index contributed by atoms with van der Waals surface area (Å²) in [6, 6.07) is 11.6. The monoisotopic (exact) mass is 315 g/mol. The minimum atomic E-state index is -0.661. The van der Waals surface area contributed by atoms with Crippen LogP contribution in [0, 0.1) is 5.82 Å². The summed E-state index contributed by atoms with van der Waals surface area (Å²) in [6.07, 6.45) is 0. The number of primary amides is 1. The van der Waals surface area contributed by atoms with E-state index in [2.05, 4.69) is 5.32 Å². The van der Waals surface area contributed by atoms with Crippen molar-refractivity contribution >= 4 is 17.6 Å². The second kappa shape index (κ2) is 6.91. The zero-order valence-corrected chi connectivity index (χ0v) is 12.9. The van der Waals surface area contributed by atoms with Gasteiger partial charge in [-0.05, 0) is 48.9 Å². The Morgan fingerprint density at radius 3 is 2.17 bits per heavy atom. The van der Waals surface area contributed by atoms with Gasteiger partial charge >= 0.3 is 6.03 Å². The fourth-order valence-corrected chi connectivity index (χ4v) is 2.18. The fraction of sp³-hybridized carbons (Fsp3) is 0.176. The van der Waals surface area contributed by atoms with Crippen molar-refractivity contribution in [3.63, 3.8) is 0 Å². The molecule has 2 rings (SSSR count). The fourth-order valence-electron chi connectivity index (χ4n) is 2.18. The van der Waals surface area contributed by atoms with E-state index in [1.807, 2.05) is 6.92 Å². The maximum Gasteiger partial charge on any atom is 0.316 e. The van der Waals surface area contributed by atoms with Crippen LogP contribution in [0.2, 0.25) is 0 Å². The zero-order valence-electron chi connectivity index (χ0n) is 12.9. The minimum Gasteiger partial charge on any atom is -0.351 e. The van der Waals surface area contributed by atoms with Gasteiger partial charge in [0.05, 0.1) is 6.04 Å². The molecular formula is C17H18FN3O2. The number of rotatable bonds is 4. The topological polar surface area (TPSA) is 75.4 Å². The number of anilines is 1. The third kappa shape index (κ3) is 4.06. The minimum absolute atomic E-state index is 0.174. The molecule has 0 aromatic heterocycles. The van der Waals surface area contributed by atoms with E-state index in [4.69, 9.17) is 5.73 Å². The van der Waals surface area contributed by atoms with E-state index in [0.29, 0.717) is 11.3 Å². The molecule has 0 saturated carbocycles. The zero-order chi connectivity index (χ0) is 17.0. The van der Waals surface area contributed by atoms with Gasteiger partial charge in [0, 0.05) is 18.3 Å². The van der Waals surface area contributed by atoms with Gasteiger partial charge in [0.2, 0.25) is 0 Å². The van der Waals surface area contributed by atoms with E-state index in [0.717, 1.165) is 5.56 Å². The molecule has 1 atom stereocenters. The summed E-state index contributed by atoms with van der Waals surface area (Å²) in [4.78, 5) is 24.8. The molecule has 3 N–H and O–H groups in total. The van der Waals surface area contributed by atoms with Crippen molar-refractivity contribution < 1.29 is 14.0 Å². The SMILES string of the molecule is CC(c1ccc(F)cc1)N(C)C(=O)c1ccc(NC(N)=O)cc1. The first-order valence-corrected chi connectivity index (χ1v) is 7.07. The van der Waals surface area contributed by atoms with Gasteiger partial charge in [-0.2, -0.15) is 0 Å². The molecule has 1 unspecified atom stereocenters. The lowest BCUT2D eigenvalue weighted by Crippen LogP contribution is -2.29. The molecule has 0 aliphatic heterocycles. The molecule has 0 radical (unpaired) electrons. The van der Waals surface area contributed by atoms with Crippen molar-refractivity contribution in [1.29, 1.82) is 0 Å². The lowest BCUT2D eigenvalue weighted by Gasteiger charge is -2.25. The molecule has 5 nitrogen and oxygen atoms in total. The lowest BCUT2D eigenvalue weighted by molar-refractivity contribution is 0.0742. The number of urea groups is 1. The number of nitrogens with one attached hydrogen (secondary N) is 1. The van der Waals surface area contributed by atoms with E-state index in [-0.39, 0.29) is 17.8 Å². The molecule has 0 fully saturated rings. The van der Waals surface area contributed by atoms with Gasteiger partial charge in [0.15, 0.2) is 0 Å². The van der Waals surface area contributed by atoms with Crippen LogP contribution in [0.25, 0.3) is 0 Å². The molecule has 0 heterocycles. The highest BCUT2D eigenvalue weighted by Gasteiger charge is 2.19. The number of nitrogens with zero attached hydrogens (tertiary/aromatic N) is 1. The van der Waals surface area contributed by atoms with Crippen molar-refractivity contribution in [2.45, 2.75) is 13.0 Å². The second-order valence-electron chi connectivity index (χ2n) is 5.21. The third-order valence-corrected chi connectivity index (χ3v) is 3.65. The number of carbonyl (C=O) groups excluding carboxylic acids is 2. The Balaban J connectivity index is 2.12. The maximum absolute atomic E-state index is 13.0. The molecular weight excluding hydrogens is 297 g/mol. The van der Waals surface area contributed by atoms with Crippen LogP contribution >= 0.6 is 0 Å². The van der Waals surface area contributed by atoms with Crippen LogP contribution in [-0.4, -0.2) is 23.9 Å². The first-order valence-electron chi connectivity index (χ1n) is 7.07. The van der Waals surface area contributed by atoms with Crippen LogP contribution in [0.4, 0.5) is 14.9 Å². The third-order valence-electron chi connectivity index (χ3n) is 3.65. The van der Waals surface area contributed by atoms with Gasteiger partial charge in [-0.3, -0.25) is 4.79 Å². The van der Waals surface area contributed by atoms with Crippen molar-refractivity contribution in [2.75, 3.05) is 12.4 Å². The number of hydrogen-bond donors (Lipinski definition) is 2. The predicted octanol–water partition coefficient (Wildman–Crippen LogP) is 3.15. The maximum atomic E-state index is 13.0. The van der Waals surface area contributed by atoms with Crippen LogP contribution in [-0.2, 0) is 0 Å². The smallest absolute Gasteiger partial charge is 0.316 e. The number of halogens is 1. The first-order chi connectivity index (χ1) is 10.9. The summed E-state index contributed by atoms with van der Waals surface area (Å²) in [6.45, 7) is 1.87. The Morgan fingerprint density at radius 2 is 1.65 bits per heavy atom. The number of hydrogen-bond acceptors (Lipinski definition) is 2. The summed E-state index contributed by atoms with van der Waals surface area (Å²) in [7, 11) is 1.69. The Bertz CT molecular complexity index is 699. The summed E-state index contributed by atoms with van der Waals surface area (Å²) in [5.74, 6) is -0.486. The lowest BCUT2D eigenvalue weighted by atomic mass is 10.1. The number of carbonyl (C=O) groups is 2. The Kier molecular flexibility index (Phi) is 4.95. The Hall–Kier alpha value is -2.89. The molecule has 0 bridgehead atoms. The van der Waals surface area contributed by atoms with Gasteiger partial charge < -0.3 is 16.0 Å². The summed E-state index contributed by atoms with van der Waals surface area (Å²) in [5, 5.41) is 2.43. The van der Waals surface area contributed by atoms with Crippen LogP contribution in [0.5, 0.6) is 0 Å². The molecule has 0 spiro atoms. The summed E-state index contributed by atoms with van der Waals surface area (Å²) in [5.41, 5.74) is 6.88. The second-order valence-corrected chi connectivity index (χ2v) is 5.21. The van der Waals surface area contributed by atoms with Crippen LogP contribution < -0.4 is 11.1 Å². The van der Waals surface area contributed by atoms with E-state index in [1.54, 1.807) is 48.3 Å². The standard InChI is InChI=1S/C17H18FN3O2/c1-11(12-3-7-14(18)8-4-12)21(2)16(22)13-5-9-15(10-6-13)20-17(19)23/h3-11H,1-2H3,(H3,19,20,23). The summed E-state index contributed by atoms with van der Waals surface area (Å²) >= 11 is 0. The van der Waals surface area contributed by atoms with Gasteiger partial charge in [0.25, 0.3) is 5.91 Å². The van der Waals surface area contributed by atoms with E-state index in [1.165, 1.54) is 12.1 Å². The molecule has 0 aliphatic carbocycles. The van der Waals surface area contributed by atoms with Crippen LogP contribution in [0.15, 0.2) is 48.5 Å². The quantitative estimate of drug-likeness (QED) is 0.909. The molecule has 0 aliphatic rings. The van der Waals surface area contributed by atoms with Gasteiger partial charge in [0.1, 0.15) is 5.82 Å². The number of benzene rings is 2. The molecule has 6 heteroatoms. The average molecular weight is 315 g/mol. The highest BCUT2D eigenvalue weighted by atomic mass is 19.1. The van der Waals surface area contributed by atoms with E-state index >= 15 is 0 Å². The molecule has 120 valence electrons. The first kappa shape index (κ1) is 16.5. The van der Waals surface area contributed by atoms with E-state index < -0.39 is 6.03 Å². The highest BCUT2D eigenvalue weighted by Crippen LogP contribution is 2.21. The van der Waals surface area contributed by atoms with Gasteiger partial charge in [-0.25, -0.2) is 9.18 Å². The van der Waals surface area contributed by atoms with Crippen molar-refractivity contribution in [2.24, 2.45) is 5.73 Å². The number of amides is 3. The number of nitrogens with two attached hydrogens (primary N) is 1. The van der Waals surface area contributed by atoms with E-state index in [9.17, 15) is 14.0 Å².